The van der Waals surface area contributed by atoms with E-state index in [4.69, 9.17) is 56.8 Å². The first-order valence-corrected chi connectivity index (χ1v) is 23.0. The average Bonchev–Trinajstić information content (AvgIpc) is 3.59. The molecule has 0 saturated carbocycles. The van der Waals surface area contributed by atoms with Crippen LogP contribution in [-0.4, -0.2) is 153 Å². The average molecular weight is 1020 g/mol. The van der Waals surface area contributed by atoms with E-state index in [0.717, 1.165) is 70.7 Å². The Balaban J connectivity index is 1.55. The van der Waals surface area contributed by atoms with Crippen molar-refractivity contribution in [1.82, 2.24) is 10.6 Å². The van der Waals surface area contributed by atoms with Gasteiger partial charge in [-0.15, -0.1) is 0 Å². The van der Waals surface area contributed by atoms with Gasteiger partial charge in [-0.25, -0.2) is 9.59 Å². The van der Waals surface area contributed by atoms with E-state index in [9.17, 15) is 43.2 Å². The molecule has 3 aliphatic rings. The van der Waals surface area contributed by atoms with Crippen LogP contribution >= 0.6 is 0 Å². The van der Waals surface area contributed by atoms with Crippen LogP contribution < -0.4 is 10.6 Å². The highest BCUT2D eigenvalue weighted by Gasteiger charge is 2.57. The molecule has 0 unspecified atom stereocenters. The Morgan fingerprint density at radius 3 is 1.50 bits per heavy atom. The lowest BCUT2D eigenvalue weighted by Gasteiger charge is -2.49. The van der Waals surface area contributed by atoms with Gasteiger partial charge >= 0.3 is 47.9 Å². The van der Waals surface area contributed by atoms with Crippen LogP contribution in [-0.2, 0) is 95.2 Å². The summed E-state index contributed by atoms with van der Waals surface area (Å²) < 4.78 is 69.8. The molecule has 0 aromatic heterocycles. The van der Waals surface area contributed by atoms with Gasteiger partial charge in [0.25, 0.3) is 0 Å². The van der Waals surface area contributed by atoms with E-state index < -0.39 is 146 Å². The highest BCUT2D eigenvalue weighted by atomic mass is 16.8. The number of hydrogen-bond acceptors (Lipinski definition) is 21. The fraction of sp³-hybridized carbons (Fsp3) is 0.571. The Hall–Kier alpha value is -6.69. The maximum absolute atomic E-state index is 14.0. The van der Waals surface area contributed by atoms with Crippen molar-refractivity contribution in [2.75, 3.05) is 19.8 Å². The van der Waals surface area contributed by atoms with Crippen LogP contribution in [0, 0.1) is 0 Å². The number of carbonyl (C=O) groups excluding carboxylic acids is 9. The molecule has 2 aromatic rings. The van der Waals surface area contributed by atoms with Crippen LogP contribution in [0.25, 0.3) is 11.1 Å². The van der Waals surface area contributed by atoms with Gasteiger partial charge in [-0.3, -0.25) is 33.6 Å². The fourth-order valence-electron chi connectivity index (χ4n) is 8.48. The summed E-state index contributed by atoms with van der Waals surface area (Å²) in [6.45, 7) is 12.1. The number of benzene rings is 2. The summed E-state index contributed by atoms with van der Waals surface area (Å²) in [6.07, 6.45) is -17.7. The van der Waals surface area contributed by atoms with E-state index in [1.807, 2.05) is 48.5 Å². The molecule has 72 heavy (non-hydrogen) atoms. The molecule has 394 valence electrons. The molecule has 23 nitrogen and oxygen atoms in total. The normalized spacial score (nSPS) is 25.4. The predicted octanol–water partition coefficient (Wildman–Crippen LogP) is 2.83. The molecule has 2 aromatic carbocycles. The van der Waals surface area contributed by atoms with E-state index in [1.54, 1.807) is 20.8 Å². The summed E-state index contributed by atoms with van der Waals surface area (Å²) in [5, 5.41) is 5.19. The minimum Gasteiger partial charge on any atom is -0.463 e. The molecular weight excluding hydrogens is 953 g/mol. The van der Waals surface area contributed by atoms with Crippen molar-refractivity contribution in [1.29, 1.82) is 0 Å². The standard InChI is InChI=1S/C49H62N2O21/c1-23(38(45(59)72-49(9,10)11)51-48(60)63-20-35-33-18-14-12-16-31(33)32-17-13-15-19-34(32)35)64-46-39(50-24(2)52)42(40(65-27(5)55)36(69-46)21-61-25(3)53)71-47-44(68-30(8)58)43(67-29(7)57)41(66-28(6)56)37(70-47)22-62-26(4)54/h12-19,23,35-44,46-47H,20-22H2,1-11H3,(H,50,52)(H,51,60)/t23-,36-,37-,38+,39-,40+,41+,42-,43+,44-,46+,47+/m1/s1. The molecule has 2 N–H and O–H groups in total. The minimum absolute atomic E-state index is 0.125. The van der Waals surface area contributed by atoms with Gasteiger partial charge in [0.1, 0.15) is 49.8 Å². The molecule has 1 aliphatic carbocycles. The number of amides is 2. The molecule has 0 bridgehead atoms. The maximum atomic E-state index is 14.0. The van der Waals surface area contributed by atoms with Gasteiger partial charge in [0.2, 0.25) is 5.91 Å². The first kappa shape index (κ1) is 56.2. The SMILES string of the molecule is CC(=O)N[C@H]1[C@@H](O[C@H](C)[C@H](NC(=O)OCC2c3ccccc3-c3ccccc32)C(=O)OC(C)(C)C)O[C@H](COC(C)=O)[C@H](OC(C)=O)[C@@H]1O[C@@H]1O[C@H](COC(C)=O)[C@H](OC(C)=O)[C@H](OC(C)=O)[C@H]1OC(C)=O. The van der Waals surface area contributed by atoms with Crippen LogP contribution in [0.15, 0.2) is 48.5 Å². The second-order valence-electron chi connectivity index (χ2n) is 18.1. The summed E-state index contributed by atoms with van der Waals surface area (Å²) in [5.74, 6) is -7.43. The van der Waals surface area contributed by atoms with Gasteiger partial charge in [-0.1, -0.05) is 48.5 Å². The van der Waals surface area contributed by atoms with Gasteiger partial charge < -0.3 is 67.5 Å². The molecule has 12 atom stereocenters. The van der Waals surface area contributed by atoms with Crippen LogP contribution in [0.2, 0.25) is 0 Å². The minimum atomic E-state index is -1.93. The zero-order valence-corrected chi connectivity index (χ0v) is 41.8. The molecule has 2 heterocycles. The van der Waals surface area contributed by atoms with Crippen molar-refractivity contribution in [3.05, 3.63) is 59.7 Å². The Kier molecular flexibility index (Phi) is 19.2. The second-order valence-corrected chi connectivity index (χ2v) is 18.1. The van der Waals surface area contributed by atoms with Gasteiger partial charge in [0.05, 0.1) is 6.10 Å². The highest BCUT2D eigenvalue weighted by Crippen LogP contribution is 2.44. The largest absolute Gasteiger partial charge is 0.463 e. The van der Waals surface area contributed by atoms with E-state index in [0.29, 0.717) is 0 Å². The molecule has 2 saturated heterocycles. The summed E-state index contributed by atoms with van der Waals surface area (Å²) >= 11 is 0. The third-order valence-corrected chi connectivity index (χ3v) is 11.1. The third kappa shape index (κ3) is 15.2. The number of nitrogens with one attached hydrogen (secondary N) is 2. The number of fused-ring (bicyclic) bond motifs is 3. The third-order valence-electron chi connectivity index (χ3n) is 11.1. The number of alkyl carbamates (subject to hydrolysis) is 1. The monoisotopic (exact) mass is 1010 g/mol. The Bertz CT molecular complexity index is 2290. The van der Waals surface area contributed by atoms with Crippen molar-refractivity contribution in [3.8, 4) is 11.1 Å². The van der Waals surface area contributed by atoms with E-state index in [2.05, 4.69) is 10.6 Å². The Morgan fingerprint density at radius 2 is 1.03 bits per heavy atom. The summed E-state index contributed by atoms with van der Waals surface area (Å²) in [7, 11) is 0. The predicted molar refractivity (Wildman–Crippen MR) is 244 cm³/mol. The maximum Gasteiger partial charge on any atom is 0.407 e. The van der Waals surface area contributed by atoms with E-state index >= 15 is 0 Å². The molecule has 5 rings (SSSR count). The molecule has 0 spiro atoms. The van der Waals surface area contributed by atoms with Crippen LogP contribution in [0.5, 0.6) is 0 Å². The molecule has 2 amide bonds. The number of hydrogen-bond donors (Lipinski definition) is 2. The molecule has 0 radical (unpaired) electrons. The van der Waals surface area contributed by atoms with E-state index in [1.165, 1.54) is 6.92 Å². The number of rotatable bonds is 18. The topological polar surface area (TPSA) is 288 Å². The van der Waals surface area contributed by atoms with Gasteiger partial charge in [0, 0.05) is 54.4 Å². The molecule has 2 fully saturated rings. The van der Waals surface area contributed by atoms with Crippen LogP contribution in [0.4, 0.5) is 4.79 Å². The van der Waals surface area contributed by atoms with Crippen LogP contribution in [0.3, 0.4) is 0 Å². The van der Waals surface area contributed by atoms with Gasteiger partial charge in [0.15, 0.2) is 43.0 Å². The quantitative estimate of drug-likeness (QED) is 0.160. The molecular formula is C49H62N2O21. The summed E-state index contributed by atoms with van der Waals surface area (Å²) in [4.78, 5) is 116. The zero-order valence-electron chi connectivity index (χ0n) is 41.8. The highest BCUT2D eigenvalue weighted by molar-refractivity contribution is 5.83. The molecule has 2 aliphatic heterocycles. The van der Waals surface area contributed by atoms with Gasteiger partial charge in [-0.2, -0.15) is 0 Å². The molecule has 23 heteroatoms. The number of carbonyl (C=O) groups is 9. The zero-order chi connectivity index (χ0) is 53.2. The lowest BCUT2D eigenvalue weighted by molar-refractivity contribution is -0.349. The Morgan fingerprint density at radius 1 is 0.569 bits per heavy atom. The van der Waals surface area contributed by atoms with Crippen molar-refractivity contribution >= 4 is 53.8 Å². The summed E-state index contributed by atoms with van der Waals surface area (Å²) in [5.41, 5.74) is 2.74. The first-order valence-electron chi connectivity index (χ1n) is 23.0. The second kappa shape index (κ2) is 24.6. The van der Waals surface area contributed by atoms with Crippen LogP contribution in [0.1, 0.15) is 93.2 Å². The van der Waals surface area contributed by atoms with E-state index in [-0.39, 0.29) is 12.5 Å². The van der Waals surface area contributed by atoms with Crippen molar-refractivity contribution in [2.24, 2.45) is 0 Å². The summed E-state index contributed by atoms with van der Waals surface area (Å²) in [6, 6.07) is 12.1. The number of esters is 7. The lowest BCUT2D eigenvalue weighted by Crippen LogP contribution is -2.70. The van der Waals surface area contributed by atoms with Gasteiger partial charge in [-0.05, 0) is 49.9 Å². The van der Waals surface area contributed by atoms with Crippen molar-refractivity contribution < 1.29 is 100.0 Å². The van der Waals surface area contributed by atoms with Crippen molar-refractivity contribution in [2.45, 2.75) is 161 Å². The fourth-order valence-corrected chi connectivity index (χ4v) is 8.48. The van der Waals surface area contributed by atoms with Crippen molar-refractivity contribution in [3.63, 3.8) is 0 Å². The first-order chi connectivity index (χ1) is 33.8. The Labute approximate surface area is 415 Å². The number of ether oxygens (including phenoxy) is 12. The lowest BCUT2D eigenvalue weighted by atomic mass is 9.94. The smallest absolute Gasteiger partial charge is 0.407 e.